The molecule has 0 fully saturated rings. The van der Waals surface area contributed by atoms with Gasteiger partial charge in [0, 0.05) is 24.1 Å². The molecule has 68 heavy (non-hydrogen) atoms. The standard InChI is InChI=1S/C42H48F17NO7Si/c1-8-21-65-32(61)11-9-10-27(6)33(67-34(62)60-29-14-18-30(63-7)19-15-29)28-12-16-31(17-13-28)64-22-23-66-68(25(2)3,26(4)5)24-20-35(43,44)36(45,46)37(47,48)38(49,50)39(51,52)40(53,54)41(55,56)42(57,58)59/h8-9,11-19,25-27,33H,1,10,20-24H2,2-7H3,(H,60,62)/b11-9+/t27-,33-/m1/s1. The number of ether oxygens (including phenoxy) is 4. The second-order valence-electron chi connectivity index (χ2n) is 15.9. The van der Waals surface area contributed by atoms with Crippen LogP contribution in [0.1, 0.15) is 59.1 Å². The first kappa shape index (κ1) is 59.4. The number of carbonyl (C=O) groups is 2. The van der Waals surface area contributed by atoms with Gasteiger partial charge in [0.05, 0.1) is 13.7 Å². The van der Waals surface area contributed by atoms with Crippen molar-refractivity contribution < 1.29 is 108 Å². The van der Waals surface area contributed by atoms with Crippen LogP contribution in [-0.4, -0.2) is 94.9 Å². The first-order valence-corrected chi connectivity index (χ1v) is 22.4. The van der Waals surface area contributed by atoms with Crippen LogP contribution in [0.2, 0.25) is 17.1 Å². The average molecular weight is 1030 g/mol. The molecule has 0 aromatic heterocycles. The summed E-state index contributed by atoms with van der Waals surface area (Å²) < 4.78 is 263. The maximum atomic E-state index is 15.0. The SMILES string of the molecule is C=CCOC(=O)/C=C/C[C@@H](C)[C@@H](OC(=O)Nc1ccc(OC)cc1)c1ccc(OCCO[Si](CCC(F)(F)C(F)(F)C(F)(F)C(F)(F)C(F)(F)C(F)(F)C(F)(F)C(F)(F)F)(C(C)C)C(C)C)cc1. The summed E-state index contributed by atoms with van der Waals surface area (Å²) in [4.78, 5) is 24.9. The van der Waals surface area contributed by atoms with E-state index in [-0.39, 0.29) is 18.8 Å². The number of benzene rings is 2. The Hall–Kier alpha value is -4.75. The predicted octanol–water partition coefficient (Wildman–Crippen LogP) is 13.9. The fourth-order valence-corrected chi connectivity index (χ4v) is 11.1. The van der Waals surface area contributed by atoms with Gasteiger partial charge in [-0.15, -0.1) is 0 Å². The van der Waals surface area contributed by atoms with Crippen molar-refractivity contribution in [2.75, 3.05) is 32.2 Å². The summed E-state index contributed by atoms with van der Waals surface area (Å²) in [5.41, 5.74) is -1.02. The number of hydrogen-bond donors (Lipinski definition) is 1. The van der Waals surface area contributed by atoms with E-state index in [9.17, 15) is 75.4 Å². The van der Waals surface area contributed by atoms with Crippen molar-refractivity contribution in [2.24, 2.45) is 5.92 Å². The normalized spacial score (nSPS) is 14.8. The number of alkyl halides is 17. The fourth-order valence-electron chi connectivity index (χ4n) is 6.64. The molecule has 2 aromatic rings. The predicted molar refractivity (Wildman–Crippen MR) is 214 cm³/mol. The fraction of sp³-hybridized carbons (Fsp3) is 0.571. The molecule has 0 saturated carbocycles. The number of methoxy groups -OCH3 is 1. The van der Waals surface area contributed by atoms with Gasteiger partial charge < -0.3 is 23.4 Å². The number of rotatable bonds is 26. The minimum Gasteiger partial charge on any atom is -0.497 e. The van der Waals surface area contributed by atoms with E-state index in [1.807, 2.05) is 0 Å². The van der Waals surface area contributed by atoms with E-state index < -0.39 is 117 Å². The van der Waals surface area contributed by atoms with Gasteiger partial charge in [-0.3, -0.25) is 5.32 Å². The molecule has 386 valence electrons. The Morgan fingerprint density at radius 1 is 0.676 bits per heavy atom. The Kier molecular flexibility index (Phi) is 19.5. The highest BCUT2D eigenvalue weighted by atomic mass is 28.4. The first-order chi connectivity index (χ1) is 31.0. The van der Waals surface area contributed by atoms with Crippen molar-refractivity contribution >= 4 is 26.1 Å². The number of anilines is 1. The zero-order valence-corrected chi connectivity index (χ0v) is 37.9. The van der Waals surface area contributed by atoms with Gasteiger partial charge in [-0.2, -0.15) is 74.6 Å². The van der Waals surface area contributed by atoms with Crippen LogP contribution in [0, 0.1) is 5.92 Å². The molecule has 2 aromatic carbocycles. The molecule has 1 amide bonds. The average Bonchev–Trinajstić information content (AvgIpc) is 3.23. The molecular formula is C42H48F17NO7Si. The lowest BCUT2D eigenvalue weighted by atomic mass is 9.88. The summed E-state index contributed by atoms with van der Waals surface area (Å²) in [6.07, 6.45) is -8.02. The molecule has 2 rings (SSSR count). The maximum absolute atomic E-state index is 15.0. The minimum absolute atomic E-state index is 0.0349. The Morgan fingerprint density at radius 2 is 1.16 bits per heavy atom. The van der Waals surface area contributed by atoms with Crippen molar-refractivity contribution in [3.05, 3.63) is 78.9 Å². The van der Waals surface area contributed by atoms with E-state index in [0.717, 1.165) is 0 Å². The molecule has 0 aliphatic carbocycles. The molecule has 8 nitrogen and oxygen atoms in total. The van der Waals surface area contributed by atoms with Gasteiger partial charge in [-0.25, -0.2) is 9.59 Å². The summed E-state index contributed by atoms with van der Waals surface area (Å²) >= 11 is 0. The molecule has 0 saturated heterocycles. The molecule has 0 heterocycles. The van der Waals surface area contributed by atoms with Crippen LogP contribution < -0.4 is 14.8 Å². The number of halogens is 17. The number of esters is 1. The lowest BCUT2D eigenvalue weighted by molar-refractivity contribution is -0.461. The van der Waals surface area contributed by atoms with E-state index in [4.69, 9.17) is 23.4 Å². The van der Waals surface area contributed by atoms with Crippen molar-refractivity contribution in [2.45, 2.75) is 118 Å². The molecule has 0 bridgehead atoms. The first-order valence-electron chi connectivity index (χ1n) is 20.1. The van der Waals surface area contributed by atoms with Crippen LogP contribution in [0.5, 0.6) is 11.5 Å². The third-order valence-electron chi connectivity index (χ3n) is 10.7. The molecule has 0 aliphatic heterocycles. The number of hydrogen-bond acceptors (Lipinski definition) is 7. The van der Waals surface area contributed by atoms with Crippen molar-refractivity contribution in [3.8, 4) is 11.5 Å². The van der Waals surface area contributed by atoms with Crippen molar-refractivity contribution in [3.63, 3.8) is 0 Å². The highest BCUT2D eigenvalue weighted by Gasteiger charge is 2.95. The molecule has 26 heteroatoms. The number of allylic oxidation sites excluding steroid dienone is 1. The second kappa shape index (κ2) is 22.3. The molecule has 0 spiro atoms. The molecule has 1 N–H and O–H groups in total. The summed E-state index contributed by atoms with van der Waals surface area (Å²) in [7, 11) is -2.58. The summed E-state index contributed by atoms with van der Waals surface area (Å²) in [5.74, 6) is -57.4. The monoisotopic (exact) mass is 1030 g/mol. The van der Waals surface area contributed by atoms with E-state index >= 15 is 8.78 Å². The van der Waals surface area contributed by atoms with Gasteiger partial charge in [0.15, 0.2) is 8.32 Å². The van der Waals surface area contributed by atoms with Crippen LogP contribution in [0.15, 0.2) is 73.3 Å². The topological polar surface area (TPSA) is 92.3 Å². The highest BCUT2D eigenvalue weighted by Crippen LogP contribution is 2.64. The largest absolute Gasteiger partial charge is 0.497 e. The smallest absolute Gasteiger partial charge is 0.460 e. The van der Waals surface area contributed by atoms with E-state index in [0.29, 0.717) is 17.0 Å². The Labute approximate surface area is 380 Å². The van der Waals surface area contributed by atoms with Gasteiger partial charge in [-0.1, -0.05) is 65.5 Å². The van der Waals surface area contributed by atoms with Crippen molar-refractivity contribution in [1.82, 2.24) is 0 Å². The van der Waals surface area contributed by atoms with Crippen molar-refractivity contribution in [1.29, 1.82) is 0 Å². The van der Waals surface area contributed by atoms with E-state index in [1.165, 1.54) is 77.3 Å². The Balaban J connectivity index is 2.30. The Bertz CT molecular complexity index is 1990. The van der Waals surface area contributed by atoms with Gasteiger partial charge >= 0.3 is 59.7 Å². The summed E-state index contributed by atoms with van der Waals surface area (Å²) in [6, 6.07) is 10.7. The number of carbonyl (C=O) groups excluding carboxylic acids is 2. The molecule has 2 atom stereocenters. The van der Waals surface area contributed by atoms with E-state index in [1.54, 1.807) is 31.2 Å². The van der Waals surface area contributed by atoms with Crippen LogP contribution in [0.25, 0.3) is 0 Å². The number of nitrogens with one attached hydrogen (secondary N) is 1. The quantitative estimate of drug-likeness (QED) is 0.0251. The zero-order valence-electron chi connectivity index (χ0n) is 36.9. The third-order valence-corrected chi connectivity index (χ3v) is 16.4. The second-order valence-corrected chi connectivity index (χ2v) is 20.9. The molecule has 0 unspecified atom stereocenters. The molecule has 0 radical (unpaired) electrons. The highest BCUT2D eigenvalue weighted by molar-refractivity contribution is 6.76. The summed E-state index contributed by atoms with van der Waals surface area (Å²) in [6.45, 7) is 9.41. The van der Waals surface area contributed by atoms with E-state index in [2.05, 4.69) is 11.9 Å². The van der Waals surface area contributed by atoms with Gasteiger partial charge in [-0.05, 0) is 65.5 Å². The van der Waals surface area contributed by atoms with Crippen LogP contribution in [0.3, 0.4) is 0 Å². The number of amides is 1. The maximum Gasteiger partial charge on any atom is 0.460 e. The lowest BCUT2D eigenvalue weighted by Gasteiger charge is -2.44. The Morgan fingerprint density at radius 3 is 1.63 bits per heavy atom. The summed E-state index contributed by atoms with van der Waals surface area (Å²) in [5, 5.41) is 2.57. The minimum atomic E-state index is -8.70. The zero-order chi connectivity index (χ0) is 52.5. The van der Waals surface area contributed by atoms with Crippen LogP contribution >= 0.6 is 0 Å². The van der Waals surface area contributed by atoms with Gasteiger partial charge in [0.1, 0.15) is 30.8 Å². The van der Waals surface area contributed by atoms with Crippen LogP contribution in [-0.2, 0) is 18.7 Å². The van der Waals surface area contributed by atoms with Gasteiger partial charge in [0.2, 0.25) is 0 Å². The molecule has 0 aliphatic rings. The van der Waals surface area contributed by atoms with Gasteiger partial charge in [0.25, 0.3) is 0 Å². The van der Waals surface area contributed by atoms with Crippen LogP contribution in [0.4, 0.5) is 85.1 Å². The third kappa shape index (κ3) is 12.5. The molecular weight excluding hydrogens is 982 g/mol. The lowest BCUT2D eigenvalue weighted by Crippen LogP contribution is -2.74.